The fraction of sp³-hybridized carbons (Fsp3) is 0.160. The van der Waals surface area contributed by atoms with E-state index in [4.69, 9.17) is 20.9 Å². The summed E-state index contributed by atoms with van der Waals surface area (Å²) in [5.74, 6) is 0.813. The monoisotopic (exact) mass is 403 g/mol. The van der Waals surface area contributed by atoms with E-state index >= 15 is 0 Å². The Morgan fingerprint density at radius 2 is 1.59 bits per heavy atom. The highest BCUT2D eigenvalue weighted by Gasteiger charge is 2.15. The van der Waals surface area contributed by atoms with E-state index in [-0.39, 0.29) is 0 Å². The van der Waals surface area contributed by atoms with Gasteiger partial charge in [-0.3, -0.25) is 0 Å². The summed E-state index contributed by atoms with van der Waals surface area (Å²) in [6.45, 7) is 3.09. The van der Waals surface area contributed by atoms with Crippen molar-refractivity contribution in [3.63, 3.8) is 0 Å². The largest absolute Gasteiger partial charge is 0.376 e. The van der Waals surface area contributed by atoms with Gasteiger partial charge in [-0.1, -0.05) is 83.5 Å². The molecule has 1 heterocycles. The second kappa shape index (κ2) is 9.08. The number of benzene rings is 3. The average molecular weight is 404 g/mol. The van der Waals surface area contributed by atoms with Gasteiger partial charge in [0.1, 0.15) is 0 Å². The molecule has 3 aromatic carbocycles. The summed E-state index contributed by atoms with van der Waals surface area (Å²) in [5, 5.41) is 4.90. The first kappa shape index (κ1) is 19.4. The summed E-state index contributed by atoms with van der Waals surface area (Å²) in [6, 6.07) is 26.4. The van der Waals surface area contributed by atoms with Crippen LogP contribution in [0.25, 0.3) is 22.5 Å². The third kappa shape index (κ3) is 4.76. The Morgan fingerprint density at radius 3 is 2.34 bits per heavy atom. The Morgan fingerprint density at radius 1 is 0.862 bits per heavy atom. The first-order valence-corrected chi connectivity index (χ1v) is 10.0. The topological polar surface area (TPSA) is 35.3 Å². The van der Waals surface area contributed by atoms with Crippen LogP contribution in [0.5, 0.6) is 0 Å². The van der Waals surface area contributed by atoms with Crippen LogP contribution in [0.4, 0.5) is 0 Å². The van der Waals surface area contributed by atoms with Crippen molar-refractivity contribution in [2.24, 2.45) is 0 Å². The van der Waals surface area contributed by atoms with E-state index in [1.54, 1.807) is 0 Å². The second-order valence-corrected chi connectivity index (χ2v) is 7.39. The lowest BCUT2D eigenvalue weighted by Crippen LogP contribution is -2.00. The number of aromatic nitrogens is 1. The van der Waals surface area contributed by atoms with Gasteiger partial charge in [0.15, 0.2) is 5.76 Å². The lowest BCUT2D eigenvalue weighted by Gasteiger charge is -2.07. The van der Waals surface area contributed by atoms with Crippen LogP contribution in [-0.2, 0) is 17.8 Å². The summed E-state index contributed by atoms with van der Waals surface area (Å²) in [4.78, 5) is 0. The van der Waals surface area contributed by atoms with E-state index in [0.29, 0.717) is 13.2 Å². The van der Waals surface area contributed by atoms with Crippen molar-refractivity contribution in [2.45, 2.75) is 20.0 Å². The van der Waals surface area contributed by atoms with Crippen molar-refractivity contribution < 1.29 is 9.26 Å². The number of hydrogen-bond acceptors (Lipinski definition) is 3. The minimum atomic E-state index is 0.534. The lowest BCUT2D eigenvalue weighted by atomic mass is 10.0. The van der Waals surface area contributed by atoms with Crippen LogP contribution in [0.3, 0.4) is 0 Å². The predicted octanol–water partition coefficient (Wildman–Crippen LogP) is 6.73. The fourth-order valence-electron chi connectivity index (χ4n) is 3.35. The number of ether oxygens (including phenoxy) is 1. The van der Waals surface area contributed by atoms with E-state index in [9.17, 15) is 0 Å². The third-order valence-corrected chi connectivity index (χ3v) is 5.13. The Hall–Kier alpha value is -2.88. The summed E-state index contributed by atoms with van der Waals surface area (Å²) in [6.07, 6.45) is 0.742. The smallest absolute Gasteiger partial charge is 0.170 e. The molecule has 0 aliphatic heterocycles. The molecular formula is C25H22ClNO2. The van der Waals surface area contributed by atoms with Gasteiger partial charge in [0.05, 0.1) is 18.9 Å². The van der Waals surface area contributed by atoms with Crippen LogP contribution >= 0.6 is 11.6 Å². The third-order valence-electron chi connectivity index (χ3n) is 4.89. The maximum Gasteiger partial charge on any atom is 0.170 e. The zero-order chi connectivity index (χ0) is 20.1. The number of rotatable bonds is 7. The highest BCUT2D eigenvalue weighted by molar-refractivity contribution is 6.30. The van der Waals surface area contributed by atoms with Crippen LogP contribution in [0, 0.1) is 6.92 Å². The molecule has 0 aliphatic carbocycles. The number of nitrogens with zero attached hydrogens (tertiary/aromatic N) is 1. The van der Waals surface area contributed by atoms with Gasteiger partial charge in [-0.25, -0.2) is 0 Å². The molecule has 29 heavy (non-hydrogen) atoms. The van der Waals surface area contributed by atoms with E-state index in [1.165, 1.54) is 11.1 Å². The quantitative estimate of drug-likeness (QED) is 0.321. The Balaban J connectivity index is 1.43. The summed E-state index contributed by atoms with van der Waals surface area (Å²) < 4.78 is 11.5. The maximum absolute atomic E-state index is 6.02. The molecule has 3 nitrogen and oxygen atoms in total. The van der Waals surface area contributed by atoms with Crippen molar-refractivity contribution in [2.75, 3.05) is 6.61 Å². The molecule has 0 radical (unpaired) electrons. The second-order valence-electron chi connectivity index (χ2n) is 6.95. The van der Waals surface area contributed by atoms with Crippen LogP contribution in [0.2, 0.25) is 5.02 Å². The van der Waals surface area contributed by atoms with Gasteiger partial charge in [-0.05, 0) is 35.7 Å². The molecule has 4 aromatic rings. The number of halogens is 1. The molecule has 0 aliphatic rings. The van der Waals surface area contributed by atoms with E-state index in [0.717, 1.165) is 39.6 Å². The molecule has 4 heteroatoms. The molecule has 4 rings (SSSR count). The fourth-order valence-corrected chi connectivity index (χ4v) is 3.56. The van der Waals surface area contributed by atoms with Gasteiger partial charge < -0.3 is 9.26 Å². The molecule has 1 aromatic heterocycles. The molecule has 0 unspecified atom stereocenters. The van der Waals surface area contributed by atoms with E-state index < -0.39 is 0 Å². The van der Waals surface area contributed by atoms with Crippen molar-refractivity contribution >= 4 is 11.6 Å². The Bertz CT molecular complexity index is 1070. The van der Waals surface area contributed by atoms with Crippen LogP contribution in [0.1, 0.15) is 16.8 Å². The highest BCUT2D eigenvalue weighted by atomic mass is 35.5. The SMILES string of the molecule is Cc1noc(-c2ccc(-c3ccccc3)cc2)c1CCOCc1cccc(Cl)c1. The van der Waals surface area contributed by atoms with Gasteiger partial charge in [0, 0.05) is 22.6 Å². The summed E-state index contributed by atoms with van der Waals surface area (Å²) in [5.41, 5.74) is 6.45. The maximum atomic E-state index is 6.02. The molecule has 0 spiro atoms. The number of aryl methyl sites for hydroxylation is 1. The van der Waals surface area contributed by atoms with Crippen LogP contribution in [-0.4, -0.2) is 11.8 Å². The van der Waals surface area contributed by atoms with Crippen LogP contribution in [0.15, 0.2) is 83.4 Å². The van der Waals surface area contributed by atoms with E-state index in [1.807, 2.05) is 49.4 Å². The standard InChI is InChI=1S/C25H22ClNO2/c1-18-24(14-15-28-17-19-6-5-9-23(26)16-19)25(29-27-18)22-12-10-21(11-13-22)20-7-3-2-4-8-20/h2-13,16H,14-15,17H2,1H3. The van der Waals surface area contributed by atoms with Gasteiger partial charge in [-0.15, -0.1) is 0 Å². The van der Waals surface area contributed by atoms with Gasteiger partial charge in [-0.2, -0.15) is 0 Å². The Labute approximate surface area is 175 Å². The Kier molecular flexibility index (Phi) is 6.09. The van der Waals surface area contributed by atoms with Crippen molar-refractivity contribution in [3.05, 3.63) is 101 Å². The van der Waals surface area contributed by atoms with Gasteiger partial charge >= 0.3 is 0 Å². The highest BCUT2D eigenvalue weighted by Crippen LogP contribution is 2.29. The van der Waals surface area contributed by atoms with Gasteiger partial charge in [0.25, 0.3) is 0 Å². The van der Waals surface area contributed by atoms with Crippen LogP contribution < -0.4 is 0 Å². The normalized spacial score (nSPS) is 11.0. The lowest BCUT2D eigenvalue weighted by molar-refractivity contribution is 0.124. The predicted molar refractivity (Wildman–Crippen MR) is 117 cm³/mol. The molecule has 0 N–H and O–H groups in total. The van der Waals surface area contributed by atoms with Crippen molar-refractivity contribution in [1.29, 1.82) is 0 Å². The zero-order valence-corrected chi connectivity index (χ0v) is 17.0. The molecule has 0 bridgehead atoms. The molecule has 0 atom stereocenters. The molecule has 0 saturated carbocycles. The summed E-state index contributed by atoms with van der Waals surface area (Å²) in [7, 11) is 0. The molecule has 146 valence electrons. The van der Waals surface area contributed by atoms with Crippen molar-refractivity contribution in [1.82, 2.24) is 5.16 Å². The van der Waals surface area contributed by atoms with Gasteiger partial charge in [0.2, 0.25) is 0 Å². The van der Waals surface area contributed by atoms with E-state index in [2.05, 4.69) is 41.6 Å². The molecule has 0 fully saturated rings. The minimum Gasteiger partial charge on any atom is -0.376 e. The average Bonchev–Trinajstić information content (AvgIpc) is 3.12. The first-order chi connectivity index (χ1) is 14.2. The molecule has 0 saturated heterocycles. The van der Waals surface area contributed by atoms with Crippen molar-refractivity contribution in [3.8, 4) is 22.5 Å². The number of hydrogen-bond donors (Lipinski definition) is 0. The molecular weight excluding hydrogens is 382 g/mol. The summed E-state index contributed by atoms with van der Waals surface area (Å²) >= 11 is 6.02. The molecule has 0 amide bonds. The minimum absolute atomic E-state index is 0.534. The zero-order valence-electron chi connectivity index (χ0n) is 16.3. The first-order valence-electron chi connectivity index (χ1n) is 9.64.